The summed E-state index contributed by atoms with van der Waals surface area (Å²) in [6.07, 6.45) is 3.79. The zero-order chi connectivity index (χ0) is 13.0. The van der Waals surface area contributed by atoms with Gasteiger partial charge in [-0.25, -0.2) is 0 Å². The van der Waals surface area contributed by atoms with Gasteiger partial charge in [-0.05, 0) is 42.9 Å². The Hall–Kier alpha value is -0.830. The number of carbonyl (C=O) groups is 1. The highest BCUT2D eigenvalue weighted by atomic mass is 79.9. The van der Waals surface area contributed by atoms with Crippen LogP contribution < -0.4 is 0 Å². The Morgan fingerprint density at radius 1 is 1.28 bits per heavy atom. The summed E-state index contributed by atoms with van der Waals surface area (Å²) in [7, 11) is 0. The summed E-state index contributed by atoms with van der Waals surface area (Å²) in [6, 6.07) is 8.22. The highest BCUT2D eigenvalue weighted by Gasteiger charge is 2.19. The van der Waals surface area contributed by atoms with E-state index in [1.807, 2.05) is 17.0 Å². The van der Waals surface area contributed by atoms with Gasteiger partial charge in [0.05, 0.1) is 0 Å². The SMILES string of the molecule is CC1CCN(C(=O)CCc2ccc(Br)cc2)CC1. The minimum Gasteiger partial charge on any atom is -0.343 e. The van der Waals surface area contributed by atoms with E-state index in [9.17, 15) is 4.79 Å². The van der Waals surface area contributed by atoms with Crippen LogP contribution in [0.15, 0.2) is 28.7 Å². The van der Waals surface area contributed by atoms with E-state index in [-0.39, 0.29) is 0 Å². The molecule has 0 aliphatic carbocycles. The van der Waals surface area contributed by atoms with Crippen molar-refractivity contribution < 1.29 is 4.79 Å². The lowest BCUT2D eigenvalue weighted by Crippen LogP contribution is -2.37. The Morgan fingerprint density at radius 2 is 1.89 bits per heavy atom. The molecule has 0 spiro atoms. The van der Waals surface area contributed by atoms with Crippen LogP contribution in [0.5, 0.6) is 0 Å². The average molecular weight is 310 g/mol. The van der Waals surface area contributed by atoms with Crippen LogP contribution in [-0.2, 0) is 11.2 Å². The van der Waals surface area contributed by atoms with Crippen LogP contribution in [-0.4, -0.2) is 23.9 Å². The van der Waals surface area contributed by atoms with Gasteiger partial charge >= 0.3 is 0 Å². The van der Waals surface area contributed by atoms with Crippen molar-refractivity contribution in [2.45, 2.75) is 32.6 Å². The quantitative estimate of drug-likeness (QED) is 0.834. The number of hydrogen-bond donors (Lipinski definition) is 0. The molecule has 1 aliphatic rings. The first kappa shape index (κ1) is 13.6. The van der Waals surface area contributed by atoms with Crippen molar-refractivity contribution in [2.24, 2.45) is 5.92 Å². The molecule has 1 amide bonds. The molecule has 0 unspecified atom stereocenters. The molecule has 98 valence electrons. The van der Waals surface area contributed by atoms with Crippen molar-refractivity contribution in [3.8, 4) is 0 Å². The minimum absolute atomic E-state index is 0.310. The Labute approximate surface area is 117 Å². The topological polar surface area (TPSA) is 20.3 Å². The van der Waals surface area contributed by atoms with E-state index in [4.69, 9.17) is 0 Å². The molecule has 1 saturated heterocycles. The lowest BCUT2D eigenvalue weighted by molar-refractivity contribution is -0.132. The monoisotopic (exact) mass is 309 g/mol. The summed E-state index contributed by atoms with van der Waals surface area (Å²) in [5.74, 6) is 1.09. The first-order chi connectivity index (χ1) is 8.65. The predicted molar refractivity (Wildman–Crippen MR) is 77.4 cm³/mol. The minimum atomic E-state index is 0.310. The van der Waals surface area contributed by atoms with Gasteiger partial charge in [0.25, 0.3) is 0 Å². The molecule has 0 aromatic heterocycles. The molecule has 1 aliphatic heterocycles. The van der Waals surface area contributed by atoms with Gasteiger partial charge in [0.1, 0.15) is 0 Å². The van der Waals surface area contributed by atoms with E-state index < -0.39 is 0 Å². The van der Waals surface area contributed by atoms with E-state index in [1.54, 1.807) is 0 Å². The maximum Gasteiger partial charge on any atom is 0.222 e. The maximum atomic E-state index is 12.1. The Bertz CT molecular complexity index is 393. The molecule has 0 saturated carbocycles. The van der Waals surface area contributed by atoms with Crippen LogP contribution in [0.1, 0.15) is 31.7 Å². The van der Waals surface area contributed by atoms with Crippen molar-refractivity contribution >= 4 is 21.8 Å². The molecular formula is C15H20BrNO. The second-order valence-electron chi connectivity index (χ2n) is 5.19. The van der Waals surface area contributed by atoms with Gasteiger partial charge in [0.15, 0.2) is 0 Å². The van der Waals surface area contributed by atoms with Gasteiger partial charge in [-0.15, -0.1) is 0 Å². The molecule has 0 atom stereocenters. The zero-order valence-electron chi connectivity index (χ0n) is 10.9. The number of rotatable bonds is 3. The fourth-order valence-electron chi connectivity index (χ4n) is 2.32. The summed E-state index contributed by atoms with van der Waals surface area (Å²) in [6.45, 7) is 4.16. The number of carbonyl (C=O) groups excluding carboxylic acids is 1. The average Bonchev–Trinajstić information content (AvgIpc) is 2.38. The first-order valence-corrected chi connectivity index (χ1v) is 7.46. The van der Waals surface area contributed by atoms with Crippen molar-refractivity contribution in [2.75, 3.05) is 13.1 Å². The number of amides is 1. The lowest BCUT2D eigenvalue weighted by atomic mass is 9.99. The van der Waals surface area contributed by atoms with E-state index in [0.29, 0.717) is 12.3 Å². The number of benzene rings is 1. The van der Waals surface area contributed by atoms with Crippen LogP contribution >= 0.6 is 15.9 Å². The second kappa shape index (κ2) is 6.37. The summed E-state index contributed by atoms with van der Waals surface area (Å²) in [5.41, 5.74) is 1.23. The van der Waals surface area contributed by atoms with Crippen LogP contribution in [0.2, 0.25) is 0 Å². The Morgan fingerprint density at radius 3 is 2.50 bits per heavy atom. The number of piperidine rings is 1. The first-order valence-electron chi connectivity index (χ1n) is 6.67. The Kier molecular flexibility index (Phi) is 4.81. The molecule has 1 aromatic rings. The summed E-state index contributed by atoms with van der Waals surface area (Å²) in [5, 5.41) is 0. The van der Waals surface area contributed by atoms with Gasteiger partial charge < -0.3 is 4.90 Å². The van der Waals surface area contributed by atoms with E-state index in [0.717, 1.165) is 42.7 Å². The third kappa shape index (κ3) is 3.84. The molecule has 18 heavy (non-hydrogen) atoms. The molecule has 0 N–H and O–H groups in total. The summed E-state index contributed by atoms with van der Waals surface area (Å²) < 4.78 is 1.09. The standard InChI is InChI=1S/C15H20BrNO/c1-12-8-10-17(11-9-12)15(18)7-4-13-2-5-14(16)6-3-13/h2-3,5-6,12H,4,7-11H2,1H3. The third-order valence-electron chi connectivity index (χ3n) is 3.68. The number of nitrogens with zero attached hydrogens (tertiary/aromatic N) is 1. The largest absolute Gasteiger partial charge is 0.343 e. The van der Waals surface area contributed by atoms with Gasteiger partial charge in [0, 0.05) is 24.0 Å². The summed E-state index contributed by atoms with van der Waals surface area (Å²) in [4.78, 5) is 14.1. The van der Waals surface area contributed by atoms with Gasteiger partial charge in [0.2, 0.25) is 5.91 Å². The Balaban J connectivity index is 1.79. The molecule has 1 fully saturated rings. The number of halogens is 1. The maximum absolute atomic E-state index is 12.1. The van der Waals surface area contributed by atoms with Crippen LogP contribution in [0.4, 0.5) is 0 Å². The number of hydrogen-bond acceptors (Lipinski definition) is 1. The normalized spacial score (nSPS) is 16.9. The fraction of sp³-hybridized carbons (Fsp3) is 0.533. The van der Waals surface area contributed by atoms with Gasteiger partial charge in [-0.3, -0.25) is 4.79 Å². The van der Waals surface area contributed by atoms with E-state index in [2.05, 4.69) is 35.0 Å². The zero-order valence-corrected chi connectivity index (χ0v) is 12.4. The van der Waals surface area contributed by atoms with Crippen molar-refractivity contribution in [3.05, 3.63) is 34.3 Å². The highest BCUT2D eigenvalue weighted by Crippen LogP contribution is 2.17. The van der Waals surface area contributed by atoms with Crippen molar-refractivity contribution in [1.29, 1.82) is 0 Å². The lowest BCUT2D eigenvalue weighted by Gasteiger charge is -2.30. The van der Waals surface area contributed by atoms with Crippen LogP contribution in [0, 0.1) is 5.92 Å². The van der Waals surface area contributed by atoms with E-state index >= 15 is 0 Å². The predicted octanol–water partition coefficient (Wildman–Crippen LogP) is 3.64. The smallest absolute Gasteiger partial charge is 0.222 e. The van der Waals surface area contributed by atoms with Crippen molar-refractivity contribution in [3.63, 3.8) is 0 Å². The molecule has 2 nitrogen and oxygen atoms in total. The highest BCUT2D eigenvalue weighted by molar-refractivity contribution is 9.10. The molecule has 1 heterocycles. The molecule has 2 rings (SSSR count). The van der Waals surface area contributed by atoms with Gasteiger partial charge in [-0.1, -0.05) is 35.0 Å². The molecule has 3 heteroatoms. The van der Waals surface area contributed by atoms with Crippen molar-refractivity contribution in [1.82, 2.24) is 4.90 Å². The third-order valence-corrected chi connectivity index (χ3v) is 4.21. The molecule has 0 bridgehead atoms. The van der Waals surface area contributed by atoms with Crippen LogP contribution in [0.25, 0.3) is 0 Å². The molecular weight excluding hydrogens is 290 g/mol. The number of aryl methyl sites for hydroxylation is 1. The van der Waals surface area contributed by atoms with Crippen LogP contribution in [0.3, 0.4) is 0 Å². The van der Waals surface area contributed by atoms with E-state index in [1.165, 1.54) is 5.56 Å². The summed E-state index contributed by atoms with van der Waals surface area (Å²) >= 11 is 3.42. The molecule has 1 aromatic carbocycles. The fourth-order valence-corrected chi connectivity index (χ4v) is 2.58. The number of likely N-dealkylation sites (tertiary alicyclic amines) is 1. The second-order valence-corrected chi connectivity index (χ2v) is 6.11. The molecule has 0 radical (unpaired) electrons. The van der Waals surface area contributed by atoms with Gasteiger partial charge in [-0.2, -0.15) is 0 Å².